The van der Waals surface area contributed by atoms with E-state index in [0.717, 1.165) is 5.56 Å². The van der Waals surface area contributed by atoms with E-state index in [4.69, 9.17) is 5.11 Å². The number of carboxylic acids is 1. The number of unbranched alkanes of at least 4 members (excludes halogenated alkanes) is 4. The molecule has 0 fully saturated rings. The first kappa shape index (κ1) is 30.6. The van der Waals surface area contributed by atoms with Crippen molar-refractivity contribution in [1.29, 1.82) is 0 Å². The van der Waals surface area contributed by atoms with Crippen molar-refractivity contribution in [2.24, 2.45) is 0 Å². The van der Waals surface area contributed by atoms with Crippen LogP contribution in [-0.2, 0) is 16.0 Å². The van der Waals surface area contributed by atoms with Crippen LogP contribution in [0.25, 0.3) is 0 Å². The van der Waals surface area contributed by atoms with Gasteiger partial charge in [-0.15, -0.1) is 0 Å². The Bertz CT molecular complexity index is 569. The van der Waals surface area contributed by atoms with Gasteiger partial charge in [-0.25, -0.2) is 4.79 Å². The number of nitrogens with one attached hydrogen (secondary N) is 1. The Hall–Kier alpha value is -1.41. The second kappa shape index (κ2) is 19.1. The van der Waals surface area contributed by atoms with Crippen LogP contribution in [0.5, 0.6) is 0 Å². The average Bonchev–Trinajstić information content (AvgIpc) is 2.78. The van der Waals surface area contributed by atoms with E-state index in [1.807, 2.05) is 30.3 Å². The van der Waals surface area contributed by atoms with Crippen molar-refractivity contribution in [1.82, 2.24) is 5.32 Å². The van der Waals surface area contributed by atoms with Crippen LogP contribution in [-0.4, -0.2) is 47.7 Å². The maximum absolute atomic E-state index is 10.8. The van der Waals surface area contributed by atoms with Crippen LogP contribution in [0.4, 0.5) is 0 Å². The van der Waals surface area contributed by atoms with Crippen LogP contribution in [0.2, 0.25) is 0 Å². The van der Waals surface area contributed by atoms with Crippen LogP contribution in [0.3, 0.4) is 0 Å². The molecule has 1 aromatic rings. The summed E-state index contributed by atoms with van der Waals surface area (Å²) in [6, 6.07) is 8.34. The molecule has 1 rings (SSSR count). The predicted molar refractivity (Wildman–Crippen MR) is 143 cm³/mol. The summed E-state index contributed by atoms with van der Waals surface area (Å²) < 4.78 is 0. The van der Waals surface area contributed by atoms with Gasteiger partial charge in [0.05, 0.1) is 0 Å². The van der Waals surface area contributed by atoms with Gasteiger partial charge in [-0.05, 0) is 5.56 Å². The van der Waals surface area contributed by atoms with Crippen LogP contribution in [0.15, 0.2) is 30.3 Å². The molecule has 1 unspecified atom stereocenters. The molecule has 32 heavy (non-hydrogen) atoms. The summed E-state index contributed by atoms with van der Waals surface area (Å²) in [4.78, 5) is 21.6. The van der Waals surface area contributed by atoms with E-state index >= 15 is 0 Å². The molecule has 0 saturated carbocycles. The van der Waals surface area contributed by atoms with Gasteiger partial charge in [-0.1, -0.05) is 30.3 Å². The first-order valence-electron chi connectivity index (χ1n) is 12.9. The molecule has 5 heteroatoms. The monoisotopic (exact) mass is 467 g/mol. The molecule has 0 saturated heterocycles. The molecule has 0 radical (unpaired) electrons. The van der Waals surface area contributed by atoms with Crippen LogP contribution in [0, 0.1) is 0 Å². The topological polar surface area (TPSA) is 66.4 Å². The van der Waals surface area contributed by atoms with E-state index in [1.54, 1.807) is 24.6 Å². The van der Waals surface area contributed by atoms with Gasteiger partial charge in [0, 0.05) is 13.3 Å². The van der Waals surface area contributed by atoms with Crippen LogP contribution in [0.1, 0.15) is 91.5 Å². The minimum atomic E-state index is -1.02. The third-order valence-electron chi connectivity index (χ3n) is 6.20. The number of carbonyl (C=O) groups excluding carboxylic acids is 1. The van der Waals surface area contributed by atoms with E-state index in [0.29, 0.717) is 6.42 Å². The quantitative estimate of drug-likeness (QED) is 0.264. The SMILES string of the molecule is CC(=O)NC(Cc1ccccc1)C(=O)O.CCCC[PH](CCCC)(CCCC)CCCC. The molecule has 0 bridgehead atoms. The predicted octanol–water partition coefficient (Wildman–Crippen LogP) is 6.76. The zero-order valence-electron chi connectivity index (χ0n) is 21.4. The zero-order chi connectivity index (χ0) is 24.2. The summed E-state index contributed by atoms with van der Waals surface area (Å²) in [5.41, 5.74) is 0.888. The fourth-order valence-corrected chi connectivity index (χ4v) is 10.2. The normalized spacial score (nSPS) is 12.4. The standard InChI is InChI=1S/C16H37P.C11H13NO3/c1-5-9-13-17(14-10-6-2,15-11-7-3)16-12-8-4;1-8(13)12-10(11(14)15)7-9-5-3-2-4-6-9/h17H,5-16H2,1-4H3;2-6,10H,7H2,1H3,(H,12,13)(H,14,15). The third-order valence-corrected chi connectivity index (χ3v) is 11.9. The van der Waals surface area contributed by atoms with E-state index < -0.39 is 19.3 Å². The minimum absolute atomic E-state index is 0.301. The van der Waals surface area contributed by atoms with Crippen molar-refractivity contribution in [3.05, 3.63) is 35.9 Å². The Balaban J connectivity index is 0.000000604. The fourth-order valence-electron chi connectivity index (χ4n) is 4.25. The molecular weight excluding hydrogens is 417 g/mol. The Kier molecular flexibility index (Phi) is 18.3. The molecule has 0 aliphatic rings. The molecule has 186 valence electrons. The molecule has 1 amide bonds. The molecule has 1 atom stereocenters. The molecule has 0 aromatic heterocycles. The van der Waals surface area contributed by atoms with Crippen molar-refractivity contribution in [2.45, 2.75) is 98.4 Å². The number of rotatable bonds is 16. The Labute approximate surface area is 198 Å². The Morgan fingerprint density at radius 3 is 1.53 bits per heavy atom. The van der Waals surface area contributed by atoms with Gasteiger partial charge in [-0.2, -0.15) is 0 Å². The number of hydrogen-bond acceptors (Lipinski definition) is 2. The number of aliphatic carboxylic acids is 1. The number of carbonyl (C=O) groups is 2. The van der Waals surface area contributed by atoms with Crippen molar-refractivity contribution in [3.63, 3.8) is 0 Å². The summed E-state index contributed by atoms with van der Waals surface area (Å²) in [6.45, 7) is 10.7. The van der Waals surface area contributed by atoms with Crippen molar-refractivity contribution < 1.29 is 14.7 Å². The van der Waals surface area contributed by atoms with Crippen LogP contribution < -0.4 is 5.32 Å². The summed E-state index contributed by atoms with van der Waals surface area (Å²) in [5, 5.41) is 11.3. The van der Waals surface area contributed by atoms with Gasteiger partial charge >= 0.3 is 117 Å². The van der Waals surface area contributed by atoms with E-state index in [-0.39, 0.29) is 5.91 Å². The fraction of sp³-hybridized carbons (Fsp3) is 0.704. The van der Waals surface area contributed by atoms with Gasteiger partial charge in [0.2, 0.25) is 5.91 Å². The van der Waals surface area contributed by atoms with E-state index in [1.165, 1.54) is 58.3 Å². The van der Waals surface area contributed by atoms with Gasteiger partial charge in [0.25, 0.3) is 0 Å². The van der Waals surface area contributed by atoms with Crippen molar-refractivity contribution in [2.75, 3.05) is 24.6 Å². The van der Waals surface area contributed by atoms with Crippen molar-refractivity contribution >= 4 is 19.1 Å². The second-order valence-corrected chi connectivity index (χ2v) is 14.2. The summed E-state index contributed by atoms with van der Waals surface area (Å²) in [7, 11) is -0.879. The molecule has 0 heterocycles. The van der Waals surface area contributed by atoms with Crippen molar-refractivity contribution in [3.8, 4) is 0 Å². The molecule has 1 aromatic carbocycles. The molecule has 4 nitrogen and oxygen atoms in total. The Morgan fingerprint density at radius 1 is 0.812 bits per heavy atom. The average molecular weight is 468 g/mol. The number of amides is 1. The molecule has 0 aliphatic heterocycles. The van der Waals surface area contributed by atoms with Gasteiger partial charge in [-0.3, -0.25) is 4.79 Å². The zero-order valence-corrected chi connectivity index (χ0v) is 22.4. The van der Waals surface area contributed by atoms with Gasteiger partial charge in [0.15, 0.2) is 0 Å². The molecule has 0 spiro atoms. The molecular formula is C27H50NO3P. The van der Waals surface area contributed by atoms with E-state index in [2.05, 4.69) is 33.0 Å². The number of carboxylic acid groups (broad SMARTS) is 1. The number of benzene rings is 1. The first-order valence-corrected chi connectivity index (χ1v) is 15.7. The Morgan fingerprint density at radius 2 is 1.22 bits per heavy atom. The van der Waals surface area contributed by atoms with Gasteiger partial charge < -0.3 is 10.4 Å². The first-order chi connectivity index (χ1) is 15.3. The third kappa shape index (κ3) is 14.6. The maximum atomic E-state index is 10.8. The summed E-state index contributed by atoms with van der Waals surface area (Å²) in [5.74, 6) is -1.35. The number of hydrogen-bond donors (Lipinski definition) is 2. The van der Waals surface area contributed by atoms with Gasteiger partial charge in [0.1, 0.15) is 6.04 Å². The second-order valence-electron chi connectivity index (χ2n) is 9.20. The molecule has 0 aliphatic carbocycles. The summed E-state index contributed by atoms with van der Waals surface area (Å²) in [6.07, 6.45) is 18.4. The molecule has 2 N–H and O–H groups in total. The van der Waals surface area contributed by atoms with E-state index in [9.17, 15) is 9.59 Å². The van der Waals surface area contributed by atoms with Crippen LogP contribution >= 0.6 is 7.26 Å². The summed E-state index contributed by atoms with van der Waals surface area (Å²) >= 11 is 0.